The van der Waals surface area contributed by atoms with E-state index in [1.807, 2.05) is 17.5 Å². The average Bonchev–Trinajstić information content (AvgIpc) is 2.80. The highest BCUT2D eigenvalue weighted by atomic mass is 32.2. The molecule has 2 aromatic rings. The Morgan fingerprint density at radius 2 is 2.12 bits per heavy atom. The molecule has 1 amide bonds. The van der Waals surface area contributed by atoms with Crippen LogP contribution < -0.4 is 5.73 Å². The Morgan fingerprint density at radius 1 is 1.41 bits per heavy atom. The highest BCUT2D eigenvalue weighted by Gasteiger charge is 2.08. The van der Waals surface area contributed by atoms with Gasteiger partial charge in [-0.2, -0.15) is 0 Å². The molecule has 88 valence electrons. The Morgan fingerprint density at radius 3 is 2.65 bits per heavy atom. The van der Waals surface area contributed by atoms with Crippen molar-refractivity contribution < 1.29 is 4.79 Å². The first-order valence-corrected chi connectivity index (χ1v) is 7.06. The Balaban J connectivity index is 2.23. The van der Waals surface area contributed by atoms with E-state index >= 15 is 0 Å². The topological polar surface area (TPSA) is 56.0 Å². The number of carbonyl (C=O) groups excluding carboxylic acids is 1. The maximum atomic E-state index is 11.0. The van der Waals surface area contributed by atoms with Crippen LogP contribution >= 0.6 is 23.1 Å². The molecule has 1 aromatic heterocycles. The summed E-state index contributed by atoms with van der Waals surface area (Å²) in [6, 6.07) is 8.15. The lowest BCUT2D eigenvalue weighted by Gasteiger charge is -2.00. The number of carbonyl (C=O) groups is 1. The van der Waals surface area contributed by atoms with Gasteiger partial charge in [-0.3, -0.25) is 4.79 Å². The molecule has 0 saturated carbocycles. The van der Waals surface area contributed by atoms with Gasteiger partial charge < -0.3 is 5.73 Å². The van der Waals surface area contributed by atoms with Crippen LogP contribution in [0.3, 0.4) is 0 Å². The van der Waals surface area contributed by atoms with Crippen LogP contribution in [0.2, 0.25) is 0 Å². The van der Waals surface area contributed by atoms with Gasteiger partial charge >= 0.3 is 0 Å². The summed E-state index contributed by atoms with van der Waals surface area (Å²) in [6.45, 7) is 2.12. The van der Waals surface area contributed by atoms with Crippen molar-refractivity contribution in [1.29, 1.82) is 0 Å². The molecule has 2 rings (SSSR count). The number of nitrogens with two attached hydrogens (primary N) is 1. The van der Waals surface area contributed by atoms with E-state index in [9.17, 15) is 4.79 Å². The third-order valence-corrected chi connectivity index (χ3v) is 3.93. The van der Waals surface area contributed by atoms with Gasteiger partial charge in [0.25, 0.3) is 5.91 Å². The van der Waals surface area contributed by atoms with E-state index in [4.69, 9.17) is 5.73 Å². The normalized spacial score (nSPS) is 10.4. The first-order valence-electron chi connectivity index (χ1n) is 5.19. The molecule has 1 heterocycles. The van der Waals surface area contributed by atoms with Crippen molar-refractivity contribution in [2.75, 3.05) is 5.75 Å². The lowest BCUT2D eigenvalue weighted by molar-refractivity contribution is 0.1000. The number of thiazole rings is 1. The summed E-state index contributed by atoms with van der Waals surface area (Å²) in [4.78, 5) is 16.4. The predicted molar refractivity (Wildman–Crippen MR) is 72.5 cm³/mol. The summed E-state index contributed by atoms with van der Waals surface area (Å²) in [5.41, 5.74) is 6.99. The van der Waals surface area contributed by atoms with E-state index in [-0.39, 0.29) is 0 Å². The van der Waals surface area contributed by atoms with E-state index in [0.717, 1.165) is 17.0 Å². The quantitative estimate of drug-likeness (QED) is 0.864. The smallest absolute Gasteiger partial charge is 0.277 e. The minimum absolute atomic E-state index is 0.354. The Bertz CT molecular complexity index is 520. The molecule has 0 aliphatic heterocycles. The monoisotopic (exact) mass is 264 g/mol. The number of primary amides is 1. The summed E-state index contributed by atoms with van der Waals surface area (Å²) >= 11 is 3.07. The van der Waals surface area contributed by atoms with Crippen molar-refractivity contribution in [2.45, 2.75) is 11.8 Å². The van der Waals surface area contributed by atoms with Gasteiger partial charge in [-0.1, -0.05) is 19.1 Å². The fourth-order valence-corrected chi connectivity index (χ4v) is 2.75. The van der Waals surface area contributed by atoms with Crippen molar-refractivity contribution >= 4 is 29.0 Å². The van der Waals surface area contributed by atoms with E-state index in [1.165, 1.54) is 16.2 Å². The van der Waals surface area contributed by atoms with E-state index in [1.54, 1.807) is 11.8 Å². The zero-order valence-electron chi connectivity index (χ0n) is 9.34. The molecule has 0 aliphatic rings. The van der Waals surface area contributed by atoms with E-state index in [0.29, 0.717) is 5.01 Å². The molecule has 0 aliphatic carbocycles. The van der Waals surface area contributed by atoms with Crippen molar-refractivity contribution in [1.82, 2.24) is 4.98 Å². The van der Waals surface area contributed by atoms with Gasteiger partial charge in [0, 0.05) is 15.8 Å². The molecule has 0 fully saturated rings. The number of aromatic nitrogens is 1. The van der Waals surface area contributed by atoms with Crippen LogP contribution in [0.4, 0.5) is 0 Å². The fourth-order valence-electron chi connectivity index (χ4n) is 1.41. The van der Waals surface area contributed by atoms with Crippen LogP contribution in [0, 0.1) is 0 Å². The molecule has 1 aromatic carbocycles. The van der Waals surface area contributed by atoms with Crippen LogP contribution in [-0.4, -0.2) is 16.6 Å². The first-order chi connectivity index (χ1) is 8.20. The summed E-state index contributed by atoms with van der Waals surface area (Å²) in [5.74, 6) is 0.585. The van der Waals surface area contributed by atoms with E-state index in [2.05, 4.69) is 24.0 Å². The largest absolute Gasteiger partial charge is 0.364 e. The van der Waals surface area contributed by atoms with Crippen LogP contribution in [0.1, 0.15) is 16.7 Å². The Hall–Kier alpha value is -1.33. The number of hydrogen-bond donors (Lipinski definition) is 1. The standard InChI is InChI=1S/C12H12N2OS2/c1-2-16-9-5-3-8(4-6-9)10-7-17-12(14-10)11(13)15/h3-7H,2H2,1H3,(H2,13,15). The molecule has 0 bridgehead atoms. The molecule has 17 heavy (non-hydrogen) atoms. The van der Waals surface area contributed by atoms with Crippen molar-refractivity contribution in [2.24, 2.45) is 5.73 Å². The highest BCUT2D eigenvalue weighted by Crippen LogP contribution is 2.25. The second-order valence-corrected chi connectivity index (χ2v) is 5.56. The maximum absolute atomic E-state index is 11.0. The van der Waals surface area contributed by atoms with Crippen molar-refractivity contribution in [3.05, 3.63) is 34.7 Å². The fraction of sp³-hybridized carbons (Fsp3) is 0.167. The molecular weight excluding hydrogens is 252 g/mol. The van der Waals surface area contributed by atoms with Gasteiger partial charge in [-0.25, -0.2) is 4.98 Å². The van der Waals surface area contributed by atoms with Crippen molar-refractivity contribution in [3.63, 3.8) is 0 Å². The number of hydrogen-bond acceptors (Lipinski definition) is 4. The van der Waals surface area contributed by atoms with Crippen LogP contribution in [0.25, 0.3) is 11.3 Å². The first kappa shape index (κ1) is 12.1. The van der Waals surface area contributed by atoms with Crippen LogP contribution in [0.5, 0.6) is 0 Å². The molecule has 0 saturated heterocycles. The predicted octanol–water partition coefficient (Wildman–Crippen LogP) is 3.02. The summed E-state index contributed by atoms with van der Waals surface area (Å²) < 4.78 is 0. The molecule has 0 unspecified atom stereocenters. The van der Waals surface area contributed by atoms with Gasteiger partial charge in [0.05, 0.1) is 5.69 Å². The molecule has 5 heteroatoms. The number of nitrogens with zero attached hydrogens (tertiary/aromatic N) is 1. The number of thioether (sulfide) groups is 1. The lowest BCUT2D eigenvalue weighted by atomic mass is 10.2. The molecular formula is C12H12N2OS2. The molecule has 2 N–H and O–H groups in total. The Labute approximate surface area is 108 Å². The highest BCUT2D eigenvalue weighted by molar-refractivity contribution is 7.99. The molecule has 3 nitrogen and oxygen atoms in total. The zero-order chi connectivity index (χ0) is 12.3. The summed E-state index contributed by atoms with van der Waals surface area (Å²) in [7, 11) is 0. The van der Waals surface area contributed by atoms with E-state index < -0.39 is 5.91 Å². The van der Waals surface area contributed by atoms with Gasteiger partial charge in [-0.05, 0) is 17.9 Å². The number of rotatable bonds is 4. The number of amides is 1. The summed E-state index contributed by atoms with van der Waals surface area (Å²) in [6.07, 6.45) is 0. The summed E-state index contributed by atoms with van der Waals surface area (Å²) in [5, 5.41) is 2.20. The Kier molecular flexibility index (Phi) is 3.81. The molecule has 0 atom stereocenters. The number of benzene rings is 1. The SMILES string of the molecule is CCSc1ccc(-c2csc(C(N)=O)n2)cc1. The third kappa shape index (κ3) is 2.87. The van der Waals surface area contributed by atoms with Gasteiger partial charge in [0.2, 0.25) is 0 Å². The third-order valence-electron chi connectivity index (χ3n) is 2.18. The average molecular weight is 264 g/mol. The maximum Gasteiger partial charge on any atom is 0.277 e. The zero-order valence-corrected chi connectivity index (χ0v) is 11.0. The van der Waals surface area contributed by atoms with Gasteiger partial charge in [0.1, 0.15) is 0 Å². The van der Waals surface area contributed by atoms with Crippen molar-refractivity contribution in [3.8, 4) is 11.3 Å². The minimum atomic E-state index is -0.473. The second kappa shape index (κ2) is 5.33. The lowest BCUT2D eigenvalue weighted by Crippen LogP contribution is -2.10. The molecule has 0 spiro atoms. The second-order valence-electron chi connectivity index (χ2n) is 3.36. The van der Waals surface area contributed by atoms with Crippen LogP contribution in [0.15, 0.2) is 34.5 Å². The minimum Gasteiger partial charge on any atom is -0.364 e. The van der Waals surface area contributed by atoms with Crippen LogP contribution in [-0.2, 0) is 0 Å². The molecule has 0 radical (unpaired) electrons. The van der Waals surface area contributed by atoms with Gasteiger partial charge in [-0.15, -0.1) is 23.1 Å². The van der Waals surface area contributed by atoms with Gasteiger partial charge in [0.15, 0.2) is 5.01 Å².